The van der Waals surface area contributed by atoms with Crippen LogP contribution in [-0.2, 0) is 24.4 Å². The first-order chi connectivity index (χ1) is 12.2. The number of nitrogens with two attached hydrogens (primary N) is 1. The number of amides is 2. The molecule has 26 heavy (non-hydrogen) atoms. The van der Waals surface area contributed by atoms with Gasteiger partial charge in [-0.15, -0.1) is 11.3 Å². The van der Waals surface area contributed by atoms with Gasteiger partial charge in [-0.3, -0.25) is 14.4 Å². The first kappa shape index (κ1) is 20.5. The molecule has 144 valence electrons. The van der Waals surface area contributed by atoms with E-state index in [2.05, 4.69) is 10.3 Å². The molecule has 1 aromatic rings. The SMILES string of the molecule is CC(CCC(=O)N[C@H]1CCCN(S(=O)(=O)c2nccs2)CC1=O)C(N)=O. The average molecular weight is 402 g/mol. The van der Waals surface area contributed by atoms with Crippen molar-refractivity contribution >= 4 is 39.0 Å². The molecule has 2 heterocycles. The number of primary amides is 1. The monoisotopic (exact) mass is 402 g/mol. The summed E-state index contributed by atoms with van der Waals surface area (Å²) in [5.41, 5.74) is 5.15. The molecule has 0 aromatic carbocycles. The van der Waals surface area contributed by atoms with Crippen molar-refractivity contribution in [2.75, 3.05) is 13.1 Å². The molecule has 2 atom stereocenters. The van der Waals surface area contributed by atoms with Gasteiger partial charge in [0.15, 0.2) is 5.78 Å². The lowest BCUT2D eigenvalue weighted by atomic mass is 10.0. The Morgan fingerprint density at radius 2 is 2.23 bits per heavy atom. The van der Waals surface area contributed by atoms with E-state index in [1.165, 1.54) is 6.20 Å². The van der Waals surface area contributed by atoms with Crippen LogP contribution >= 0.6 is 11.3 Å². The maximum atomic E-state index is 12.5. The number of carbonyl (C=O) groups is 3. The molecule has 0 radical (unpaired) electrons. The van der Waals surface area contributed by atoms with E-state index in [0.29, 0.717) is 19.3 Å². The zero-order valence-electron chi connectivity index (χ0n) is 14.4. The topological polar surface area (TPSA) is 140 Å². The number of carbonyl (C=O) groups excluding carboxylic acids is 3. The van der Waals surface area contributed by atoms with Crippen LogP contribution in [0.25, 0.3) is 0 Å². The van der Waals surface area contributed by atoms with Crippen molar-refractivity contribution in [3.8, 4) is 0 Å². The summed E-state index contributed by atoms with van der Waals surface area (Å²) in [5.74, 6) is -1.62. The molecule has 0 aliphatic carbocycles. The van der Waals surface area contributed by atoms with E-state index < -0.39 is 27.9 Å². The maximum absolute atomic E-state index is 12.5. The van der Waals surface area contributed by atoms with E-state index >= 15 is 0 Å². The second-order valence-corrected chi connectivity index (χ2v) is 9.21. The first-order valence-corrected chi connectivity index (χ1v) is 10.5. The van der Waals surface area contributed by atoms with Crippen LogP contribution in [0.2, 0.25) is 0 Å². The van der Waals surface area contributed by atoms with E-state index in [1.54, 1.807) is 12.3 Å². The van der Waals surface area contributed by atoms with Crippen LogP contribution in [0, 0.1) is 5.92 Å². The zero-order chi connectivity index (χ0) is 19.3. The van der Waals surface area contributed by atoms with E-state index in [-0.39, 0.29) is 35.5 Å². The summed E-state index contributed by atoms with van der Waals surface area (Å²) in [6.45, 7) is 1.52. The van der Waals surface area contributed by atoms with Crippen LogP contribution in [0.1, 0.15) is 32.6 Å². The highest BCUT2D eigenvalue weighted by Crippen LogP contribution is 2.21. The Morgan fingerprint density at radius 1 is 1.50 bits per heavy atom. The number of aromatic nitrogens is 1. The van der Waals surface area contributed by atoms with Gasteiger partial charge in [0, 0.05) is 30.5 Å². The third kappa shape index (κ3) is 5.08. The van der Waals surface area contributed by atoms with Crippen LogP contribution in [0.4, 0.5) is 0 Å². The Balaban J connectivity index is 1.95. The number of hydrogen-bond acceptors (Lipinski definition) is 7. The molecule has 1 aliphatic rings. The predicted octanol–water partition coefficient (Wildman–Crippen LogP) is -0.117. The van der Waals surface area contributed by atoms with Crippen molar-refractivity contribution in [1.29, 1.82) is 0 Å². The quantitative estimate of drug-likeness (QED) is 0.652. The fraction of sp³-hybridized carbons (Fsp3) is 0.600. The molecule has 1 aliphatic heterocycles. The lowest BCUT2D eigenvalue weighted by Crippen LogP contribution is -2.44. The molecular formula is C15H22N4O5S2. The standard InChI is InChI=1S/C15H22N4O5S2/c1-10(14(16)22)4-5-13(21)18-11-3-2-7-19(9-12(11)20)26(23,24)15-17-6-8-25-15/h6,8,10-11H,2-5,7,9H2,1H3,(H2,16,22)(H,18,21)/t10?,11-/m0/s1. The van der Waals surface area contributed by atoms with Gasteiger partial charge in [-0.1, -0.05) is 6.92 Å². The van der Waals surface area contributed by atoms with Gasteiger partial charge < -0.3 is 11.1 Å². The Kier molecular flexibility index (Phi) is 6.84. The first-order valence-electron chi connectivity index (χ1n) is 8.23. The second kappa shape index (κ2) is 8.69. The maximum Gasteiger partial charge on any atom is 0.270 e. The third-order valence-corrected chi connectivity index (χ3v) is 7.24. The molecule has 1 saturated heterocycles. The number of nitrogens with zero attached hydrogens (tertiary/aromatic N) is 2. The Bertz CT molecular complexity index is 763. The largest absolute Gasteiger partial charge is 0.369 e. The van der Waals surface area contributed by atoms with Crippen molar-refractivity contribution in [2.24, 2.45) is 11.7 Å². The van der Waals surface area contributed by atoms with E-state index in [4.69, 9.17) is 5.73 Å². The molecule has 9 nitrogen and oxygen atoms in total. The van der Waals surface area contributed by atoms with E-state index in [9.17, 15) is 22.8 Å². The van der Waals surface area contributed by atoms with Crippen LogP contribution in [0.3, 0.4) is 0 Å². The van der Waals surface area contributed by atoms with Crippen LogP contribution in [0.5, 0.6) is 0 Å². The van der Waals surface area contributed by atoms with Gasteiger partial charge >= 0.3 is 0 Å². The molecule has 1 fully saturated rings. The average Bonchev–Trinajstić information content (AvgIpc) is 3.06. The molecule has 1 aromatic heterocycles. The van der Waals surface area contributed by atoms with Crippen LogP contribution in [0.15, 0.2) is 15.9 Å². The van der Waals surface area contributed by atoms with Crippen molar-refractivity contribution in [3.05, 3.63) is 11.6 Å². The molecule has 3 N–H and O–H groups in total. The second-order valence-electron chi connectivity index (χ2n) is 6.21. The molecule has 0 bridgehead atoms. The van der Waals surface area contributed by atoms with Gasteiger partial charge in [0.05, 0.1) is 12.6 Å². The normalized spacial score (nSPS) is 20.3. The summed E-state index contributed by atoms with van der Waals surface area (Å²) in [7, 11) is -3.80. The Labute approximate surface area is 156 Å². The van der Waals surface area contributed by atoms with Gasteiger partial charge in [-0.2, -0.15) is 4.31 Å². The number of nitrogens with one attached hydrogen (secondary N) is 1. The number of Topliss-reactive ketones (excluding diaryl/α,β-unsaturated/α-hetero) is 1. The number of ketones is 1. The molecule has 11 heteroatoms. The van der Waals surface area contributed by atoms with Crippen molar-refractivity contribution in [1.82, 2.24) is 14.6 Å². The zero-order valence-corrected chi connectivity index (χ0v) is 16.0. The highest BCUT2D eigenvalue weighted by atomic mass is 32.2. The number of hydrogen-bond donors (Lipinski definition) is 2. The van der Waals surface area contributed by atoms with Gasteiger partial charge in [0.1, 0.15) is 0 Å². The number of thiazole rings is 1. The lowest BCUT2D eigenvalue weighted by molar-refractivity contribution is -0.128. The molecule has 0 spiro atoms. The van der Waals surface area contributed by atoms with Crippen molar-refractivity contribution in [3.63, 3.8) is 0 Å². The highest BCUT2D eigenvalue weighted by molar-refractivity contribution is 7.91. The minimum Gasteiger partial charge on any atom is -0.369 e. The molecule has 2 amide bonds. The van der Waals surface area contributed by atoms with Gasteiger partial charge in [0.2, 0.25) is 16.2 Å². The number of rotatable bonds is 7. The summed E-state index contributed by atoms with van der Waals surface area (Å²) in [6, 6.07) is -0.733. The van der Waals surface area contributed by atoms with E-state index in [1.807, 2.05) is 0 Å². The summed E-state index contributed by atoms with van der Waals surface area (Å²) in [4.78, 5) is 39.2. The van der Waals surface area contributed by atoms with Crippen molar-refractivity contribution < 1.29 is 22.8 Å². The summed E-state index contributed by atoms with van der Waals surface area (Å²) >= 11 is 0.995. The summed E-state index contributed by atoms with van der Waals surface area (Å²) < 4.78 is 26.1. The highest BCUT2D eigenvalue weighted by Gasteiger charge is 2.34. The van der Waals surface area contributed by atoms with Gasteiger partial charge in [-0.05, 0) is 19.3 Å². The van der Waals surface area contributed by atoms with Gasteiger partial charge in [0.25, 0.3) is 10.0 Å². The lowest BCUT2D eigenvalue weighted by Gasteiger charge is -2.18. The predicted molar refractivity (Wildman–Crippen MR) is 94.6 cm³/mol. The molecule has 2 rings (SSSR count). The van der Waals surface area contributed by atoms with Crippen LogP contribution < -0.4 is 11.1 Å². The fourth-order valence-corrected chi connectivity index (χ4v) is 4.97. The number of sulfonamides is 1. The Morgan fingerprint density at radius 3 is 2.85 bits per heavy atom. The molecule has 1 unspecified atom stereocenters. The minimum absolute atomic E-state index is 0.0479. The Hall–Kier alpha value is -1.85. The minimum atomic E-state index is -3.80. The van der Waals surface area contributed by atoms with Crippen molar-refractivity contribution in [2.45, 2.75) is 43.0 Å². The smallest absolute Gasteiger partial charge is 0.270 e. The van der Waals surface area contributed by atoms with Gasteiger partial charge in [-0.25, -0.2) is 13.4 Å². The molecule has 0 saturated carbocycles. The summed E-state index contributed by atoms with van der Waals surface area (Å²) in [6.07, 6.45) is 2.58. The summed E-state index contributed by atoms with van der Waals surface area (Å²) in [5, 5.41) is 4.19. The van der Waals surface area contributed by atoms with Crippen LogP contribution in [-0.4, -0.2) is 54.4 Å². The third-order valence-electron chi connectivity index (χ3n) is 4.22. The van der Waals surface area contributed by atoms with E-state index in [0.717, 1.165) is 15.6 Å². The molecular weight excluding hydrogens is 380 g/mol. The fourth-order valence-electron chi connectivity index (χ4n) is 2.56.